The van der Waals surface area contributed by atoms with Gasteiger partial charge in [0, 0.05) is 36.0 Å². The molecule has 0 fully saturated rings. The summed E-state index contributed by atoms with van der Waals surface area (Å²) in [6.45, 7) is 0. The van der Waals surface area contributed by atoms with E-state index in [0.29, 0.717) is 34.1 Å². The Balaban J connectivity index is 2.08. The topological polar surface area (TPSA) is 65.0 Å². The van der Waals surface area contributed by atoms with Crippen molar-refractivity contribution in [1.82, 2.24) is 19.7 Å². The molecule has 0 spiro atoms. The van der Waals surface area contributed by atoms with Crippen LogP contribution in [0.1, 0.15) is 0 Å². The molecule has 0 saturated heterocycles. The van der Waals surface area contributed by atoms with Gasteiger partial charge in [-0.3, -0.25) is 4.68 Å². The number of nitrogens with one attached hydrogen (secondary N) is 1. The van der Waals surface area contributed by atoms with E-state index in [0.717, 1.165) is 10.9 Å². The average molecular weight is 352 g/mol. The van der Waals surface area contributed by atoms with Crippen molar-refractivity contribution in [2.45, 2.75) is 0 Å². The summed E-state index contributed by atoms with van der Waals surface area (Å²) in [5.41, 5.74) is 3.19. The zero-order valence-corrected chi connectivity index (χ0v) is 14.6. The van der Waals surface area contributed by atoms with Crippen LogP contribution < -0.4 is 9.47 Å². The molecule has 0 saturated carbocycles. The van der Waals surface area contributed by atoms with Gasteiger partial charge in [0.05, 0.1) is 25.5 Å². The largest absolute Gasteiger partial charge is 0.497 e. The third-order valence-corrected chi connectivity index (χ3v) is 4.27. The Bertz CT molecular complexity index is 1100. The first-order chi connectivity index (χ1) is 12.6. The fourth-order valence-electron chi connectivity index (χ4n) is 3.12. The standard InChI is InChI=1S/C19H17FN4O2/c1-24-10-14(19(23-24)26-3)17-16(12-5-4-8-21-18(12)22-17)13-9-11(25-2)6-7-15(13)20/h4-10H,1-3H3,(H,21,22). The van der Waals surface area contributed by atoms with Crippen LogP contribution in [0.2, 0.25) is 0 Å². The van der Waals surface area contributed by atoms with Crippen LogP contribution in [0, 0.1) is 5.82 Å². The van der Waals surface area contributed by atoms with E-state index in [4.69, 9.17) is 9.47 Å². The van der Waals surface area contributed by atoms with Crippen LogP contribution in [0.15, 0.2) is 42.7 Å². The zero-order valence-electron chi connectivity index (χ0n) is 14.6. The highest BCUT2D eigenvalue weighted by atomic mass is 19.1. The number of hydrogen-bond acceptors (Lipinski definition) is 4. The molecule has 3 aromatic heterocycles. The molecule has 0 aliphatic heterocycles. The molecule has 3 heterocycles. The zero-order chi connectivity index (χ0) is 18.3. The maximum absolute atomic E-state index is 14.7. The Morgan fingerprint density at radius 1 is 1.12 bits per heavy atom. The minimum Gasteiger partial charge on any atom is -0.497 e. The number of halogens is 1. The summed E-state index contributed by atoms with van der Waals surface area (Å²) in [4.78, 5) is 7.65. The van der Waals surface area contributed by atoms with E-state index in [1.54, 1.807) is 44.3 Å². The monoisotopic (exact) mass is 352 g/mol. The maximum atomic E-state index is 14.7. The lowest BCUT2D eigenvalue weighted by atomic mass is 9.99. The van der Waals surface area contributed by atoms with Gasteiger partial charge in [-0.2, -0.15) is 0 Å². The Morgan fingerprint density at radius 3 is 2.73 bits per heavy atom. The van der Waals surface area contributed by atoms with Gasteiger partial charge < -0.3 is 14.5 Å². The van der Waals surface area contributed by atoms with Crippen LogP contribution in [-0.2, 0) is 7.05 Å². The SMILES string of the molecule is COc1ccc(F)c(-c2c(-c3cn(C)nc3OC)[nH]c3ncccc23)c1. The third kappa shape index (κ3) is 2.48. The molecule has 7 heteroatoms. The molecule has 0 unspecified atom stereocenters. The van der Waals surface area contributed by atoms with Crippen molar-refractivity contribution in [3.05, 3.63) is 48.5 Å². The number of ether oxygens (including phenoxy) is 2. The van der Waals surface area contributed by atoms with E-state index >= 15 is 0 Å². The van der Waals surface area contributed by atoms with Gasteiger partial charge in [0.1, 0.15) is 17.2 Å². The molecule has 26 heavy (non-hydrogen) atoms. The molecule has 6 nitrogen and oxygen atoms in total. The smallest absolute Gasteiger partial charge is 0.241 e. The van der Waals surface area contributed by atoms with Crippen molar-refractivity contribution < 1.29 is 13.9 Å². The number of hydrogen-bond donors (Lipinski definition) is 1. The first kappa shape index (κ1) is 16.1. The molecule has 0 amide bonds. The quantitative estimate of drug-likeness (QED) is 0.607. The summed E-state index contributed by atoms with van der Waals surface area (Å²) < 4.78 is 27.1. The number of methoxy groups -OCH3 is 2. The predicted octanol–water partition coefficient (Wildman–Crippen LogP) is 3.79. The Labute approximate surface area is 149 Å². The lowest BCUT2D eigenvalue weighted by Crippen LogP contribution is -1.91. The normalized spacial score (nSPS) is 11.1. The number of rotatable bonds is 4. The number of H-pyrrole nitrogens is 1. The van der Waals surface area contributed by atoms with Gasteiger partial charge >= 0.3 is 0 Å². The van der Waals surface area contributed by atoms with Gasteiger partial charge in [-0.1, -0.05) is 0 Å². The van der Waals surface area contributed by atoms with E-state index < -0.39 is 0 Å². The number of benzene rings is 1. The molecule has 4 rings (SSSR count). The molecular formula is C19H17FN4O2. The highest BCUT2D eigenvalue weighted by Gasteiger charge is 2.23. The van der Waals surface area contributed by atoms with Gasteiger partial charge in [0.15, 0.2) is 0 Å². The van der Waals surface area contributed by atoms with Crippen molar-refractivity contribution in [2.75, 3.05) is 14.2 Å². The second-order valence-corrected chi connectivity index (χ2v) is 5.85. The summed E-state index contributed by atoms with van der Waals surface area (Å²) in [5, 5.41) is 5.11. The lowest BCUT2D eigenvalue weighted by Gasteiger charge is -2.08. The second-order valence-electron chi connectivity index (χ2n) is 5.85. The van der Waals surface area contributed by atoms with Crippen molar-refractivity contribution in [3.63, 3.8) is 0 Å². The van der Waals surface area contributed by atoms with E-state index in [-0.39, 0.29) is 5.82 Å². The van der Waals surface area contributed by atoms with Crippen molar-refractivity contribution in [3.8, 4) is 34.0 Å². The number of fused-ring (bicyclic) bond motifs is 1. The van der Waals surface area contributed by atoms with Gasteiger partial charge in [-0.15, -0.1) is 5.10 Å². The Kier molecular flexibility index (Phi) is 3.84. The molecule has 1 aromatic carbocycles. The molecule has 0 aliphatic carbocycles. The summed E-state index contributed by atoms with van der Waals surface area (Å²) >= 11 is 0. The number of aromatic nitrogens is 4. The highest BCUT2D eigenvalue weighted by Crippen LogP contribution is 2.42. The second kappa shape index (κ2) is 6.18. The molecule has 1 N–H and O–H groups in total. The molecule has 0 bridgehead atoms. The molecular weight excluding hydrogens is 335 g/mol. The third-order valence-electron chi connectivity index (χ3n) is 4.27. The van der Waals surface area contributed by atoms with E-state index in [9.17, 15) is 4.39 Å². The Morgan fingerprint density at radius 2 is 1.96 bits per heavy atom. The molecule has 0 atom stereocenters. The first-order valence-electron chi connectivity index (χ1n) is 8.01. The number of aryl methyl sites for hydroxylation is 1. The lowest BCUT2D eigenvalue weighted by molar-refractivity contribution is 0.393. The van der Waals surface area contributed by atoms with Crippen molar-refractivity contribution >= 4 is 11.0 Å². The Hall–Kier alpha value is -3.35. The molecule has 4 aromatic rings. The number of pyridine rings is 1. The van der Waals surface area contributed by atoms with Crippen LogP contribution in [0.4, 0.5) is 4.39 Å². The fourth-order valence-corrected chi connectivity index (χ4v) is 3.12. The molecule has 132 valence electrons. The van der Waals surface area contributed by atoms with Crippen molar-refractivity contribution in [2.24, 2.45) is 7.05 Å². The number of nitrogens with zero attached hydrogens (tertiary/aromatic N) is 3. The van der Waals surface area contributed by atoms with Gasteiger partial charge in [0.25, 0.3) is 0 Å². The summed E-state index contributed by atoms with van der Waals surface area (Å²) in [7, 11) is 4.91. The molecule has 0 aliphatic rings. The van der Waals surface area contributed by atoms with Crippen LogP contribution in [0.5, 0.6) is 11.6 Å². The van der Waals surface area contributed by atoms with Crippen LogP contribution in [0.25, 0.3) is 33.4 Å². The fraction of sp³-hybridized carbons (Fsp3) is 0.158. The van der Waals surface area contributed by atoms with Crippen LogP contribution in [0.3, 0.4) is 0 Å². The average Bonchev–Trinajstić information content (AvgIpc) is 3.22. The predicted molar refractivity (Wildman–Crippen MR) is 96.8 cm³/mol. The minimum absolute atomic E-state index is 0.348. The van der Waals surface area contributed by atoms with Crippen LogP contribution >= 0.6 is 0 Å². The highest BCUT2D eigenvalue weighted by molar-refractivity contribution is 6.03. The van der Waals surface area contributed by atoms with Gasteiger partial charge in [0.2, 0.25) is 5.88 Å². The minimum atomic E-state index is -0.348. The number of aromatic amines is 1. The first-order valence-corrected chi connectivity index (χ1v) is 8.01. The van der Waals surface area contributed by atoms with Gasteiger partial charge in [-0.05, 0) is 30.3 Å². The summed E-state index contributed by atoms with van der Waals surface area (Å²) in [5.74, 6) is 0.673. The van der Waals surface area contributed by atoms with E-state index in [1.165, 1.54) is 6.07 Å². The van der Waals surface area contributed by atoms with Crippen molar-refractivity contribution in [1.29, 1.82) is 0 Å². The van der Waals surface area contributed by atoms with E-state index in [1.807, 2.05) is 18.3 Å². The molecule has 0 radical (unpaired) electrons. The van der Waals surface area contributed by atoms with Crippen LogP contribution in [-0.4, -0.2) is 34.0 Å². The van der Waals surface area contributed by atoms with E-state index in [2.05, 4.69) is 15.1 Å². The van der Waals surface area contributed by atoms with Gasteiger partial charge in [-0.25, -0.2) is 9.37 Å². The maximum Gasteiger partial charge on any atom is 0.241 e. The summed E-state index contributed by atoms with van der Waals surface area (Å²) in [6.07, 6.45) is 3.51. The summed E-state index contributed by atoms with van der Waals surface area (Å²) in [6, 6.07) is 8.39.